The van der Waals surface area contributed by atoms with Gasteiger partial charge in [0.2, 0.25) is 5.91 Å². The average Bonchev–Trinajstić information content (AvgIpc) is 2.95. The quantitative estimate of drug-likeness (QED) is 0.638. The molecular weight excluding hydrogens is 312 g/mol. The number of carbonyl (C=O) groups is 1. The highest BCUT2D eigenvalue weighted by molar-refractivity contribution is 6.09. The van der Waals surface area contributed by atoms with Gasteiger partial charge in [-0.3, -0.25) is 4.79 Å². The molecule has 132 valence electrons. The van der Waals surface area contributed by atoms with Crippen LogP contribution in [0.3, 0.4) is 0 Å². The number of unbranched alkanes of at least 4 members (excludes halogenated alkanes) is 1. The van der Waals surface area contributed by atoms with E-state index in [2.05, 4.69) is 29.7 Å². The molecular formula is C21H26N2O2. The normalized spacial score (nSPS) is 11.2. The molecule has 0 aliphatic rings. The summed E-state index contributed by atoms with van der Waals surface area (Å²) in [5, 5.41) is 2.32. The lowest BCUT2D eigenvalue weighted by Crippen LogP contribution is -2.34. The average molecular weight is 338 g/mol. The third-order valence-electron chi connectivity index (χ3n) is 4.79. The van der Waals surface area contributed by atoms with E-state index in [4.69, 9.17) is 4.74 Å². The van der Waals surface area contributed by atoms with Gasteiger partial charge >= 0.3 is 0 Å². The van der Waals surface area contributed by atoms with Gasteiger partial charge in [0.1, 0.15) is 12.3 Å². The maximum atomic E-state index is 12.9. The summed E-state index contributed by atoms with van der Waals surface area (Å²) in [5.74, 6) is 0.976. The summed E-state index contributed by atoms with van der Waals surface area (Å²) >= 11 is 0. The standard InChI is InChI=1S/C21H26N2O2/c1-4-6-13-22(5-2)21(24)15-23-19-10-8-7-9-17(19)18-12-11-16(25-3)14-20(18)23/h7-12,14H,4-6,13,15H2,1-3H3. The fraction of sp³-hybridized carbons (Fsp3) is 0.381. The van der Waals surface area contributed by atoms with Crippen LogP contribution in [0.2, 0.25) is 0 Å². The fourth-order valence-electron chi connectivity index (χ4n) is 3.37. The number of fused-ring (bicyclic) bond motifs is 3. The Morgan fingerprint density at radius 3 is 2.56 bits per heavy atom. The van der Waals surface area contributed by atoms with E-state index in [0.29, 0.717) is 6.54 Å². The van der Waals surface area contributed by atoms with Crippen LogP contribution < -0.4 is 4.74 Å². The predicted octanol–water partition coefficient (Wildman–Crippen LogP) is 4.45. The monoisotopic (exact) mass is 338 g/mol. The molecule has 0 atom stereocenters. The van der Waals surface area contributed by atoms with E-state index < -0.39 is 0 Å². The highest BCUT2D eigenvalue weighted by Gasteiger charge is 2.17. The van der Waals surface area contributed by atoms with Gasteiger partial charge in [-0.15, -0.1) is 0 Å². The van der Waals surface area contributed by atoms with E-state index >= 15 is 0 Å². The summed E-state index contributed by atoms with van der Waals surface area (Å²) in [6.07, 6.45) is 2.14. The van der Waals surface area contributed by atoms with Crippen LogP contribution in [0.25, 0.3) is 21.8 Å². The van der Waals surface area contributed by atoms with Gasteiger partial charge in [0.25, 0.3) is 0 Å². The smallest absolute Gasteiger partial charge is 0.242 e. The van der Waals surface area contributed by atoms with E-state index in [9.17, 15) is 4.79 Å². The SMILES string of the molecule is CCCCN(CC)C(=O)Cn1c2ccccc2c2ccc(OC)cc21. The highest BCUT2D eigenvalue weighted by atomic mass is 16.5. The van der Waals surface area contributed by atoms with Crippen molar-refractivity contribution in [2.75, 3.05) is 20.2 Å². The Morgan fingerprint density at radius 1 is 1.08 bits per heavy atom. The molecule has 0 aliphatic heterocycles. The molecule has 0 fully saturated rings. The van der Waals surface area contributed by atoms with Crippen molar-refractivity contribution in [1.82, 2.24) is 9.47 Å². The summed E-state index contributed by atoms with van der Waals surface area (Å²) in [5.41, 5.74) is 2.13. The zero-order valence-electron chi connectivity index (χ0n) is 15.3. The lowest BCUT2D eigenvalue weighted by Gasteiger charge is -2.21. The second-order valence-corrected chi connectivity index (χ2v) is 6.31. The number of hydrogen-bond donors (Lipinski definition) is 0. The molecule has 1 heterocycles. The molecule has 0 saturated heterocycles. The zero-order valence-corrected chi connectivity index (χ0v) is 15.3. The molecule has 0 bridgehead atoms. The number of rotatable bonds is 7. The molecule has 0 unspecified atom stereocenters. The van der Waals surface area contributed by atoms with Crippen molar-refractivity contribution in [3.8, 4) is 5.75 Å². The molecule has 4 heteroatoms. The molecule has 0 N–H and O–H groups in total. The molecule has 4 nitrogen and oxygen atoms in total. The first-order valence-electron chi connectivity index (χ1n) is 9.02. The number of nitrogens with zero attached hydrogens (tertiary/aromatic N) is 2. The van der Waals surface area contributed by atoms with Crippen molar-refractivity contribution in [1.29, 1.82) is 0 Å². The highest BCUT2D eigenvalue weighted by Crippen LogP contribution is 2.31. The van der Waals surface area contributed by atoms with Crippen molar-refractivity contribution in [2.45, 2.75) is 33.2 Å². The van der Waals surface area contributed by atoms with Gasteiger partial charge in [-0.1, -0.05) is 31.5 Å². The summed E-state index contributed by atoms with van der Waals surface area (Å²) in [6.45, 7) is 6.13. The largest absolute Gasteiger partial charge is 0.497 e. The van der Waals surface area contributed by atoms with Crippen molar-refractivity contribution in [3.05, 3.63) is 42.5 Å². The third kappa shape index (κ3) is 3.34. The molecule has 1 aromatic heterocycles. The first-order valence-corrected chi connectivity index (χ1v) is 9.02. The number of amides is 1. The Labute approximate surface area is 149 Å². The molecule has 0 aliphatic carbocycles. The Kier molecular flexibility index (Phi) is 5.27. The lowest BCUT2D eigenvalue weighted by molar-refractivity contribution is -0.131. The van der Waals surface area contributed by atoms with Gasteiger partial charge in [-0.2, -0.15) is 0 Å². The number of carbonyl (C=O) groups excluding carboxylic acids is 1. The van der Waals surface area contributed by atoms with Crippen LogP contribution in [-0.2, 0) is 11.3 Å². The van der Waals surface area contributed by atoms with Crippen LogP contribution in [0.1, 0.15) is 26.7 Å². The van der Waals surface area contributed by atoms with Crippen molar-refractivity contribution >= 4 is 27.7 Å². The zero-order chi connectivity index (χ0) is 17.8. The minimum Gasteiger partial charge on any atom is -0.497 e. The molecule has 0 saturated carbocycles. The van der Waals surface area contributed by atoms with Gasteiger partial charge in [-0.05, 0) is 31.5 Å². The van der Waals surface area contributed by atoms with Crippen LogP contribution in [0.15, 0.2) is 42.5 Å². The summed E-state index contributed by atoms with van der Waals surface area (Å²) in [4.78, 5) is 14.8. The van der Waals surface area contributed by atoms with Crippen molar-refractivity contribution < 1.29 is 9.53 Å². The number of ether oxygens (including phenoxy) is 1. The molecule has 3 aromatic rings. The van der Waals surface area contributed by atoms with Crippen LogP contribution in [0.4, 0.5) is 0 Å². The molecule has 25 heavy (non-hydrogen) atoms. The van der Waals surface area contributed by atoms with Gasteiger partial charge in [0.15, 0.2) is 0 Å². The van der Waals surface area contributed by atoms with E-state index in [0.717, 1.165) is 48.1 Å². The van der Waals surface area contributed by atoms with E-state index in [1.54, 1.807) is 7.11 Å². The maximum absolute atomic E-state index is 12.9. The minimum absolute atomic E-state index is 0.168. The number of hydrogen-bond acceptors (Lipinski definition) is 2. The van der Waals surface area contributed by atoms with Crippen LogP contribution in [0, 0.1) is 0 Å². The third-order valence-corrected chi connectivity index (χ3v) is 4.79. The molecule has 3 rings (SSSR count). The molecule has 0 radical (unpaired) electrons. The van der Waals surface area contributed by atoms with E-state index in [1.165, 1.54) is 5.39 Å². The lowest BCUT2D eigenvalue weighted by atomic mass is 10.1. The summed E-state index contributed by atoms with van der Waals surface area (Å²) in [6, 6.07) is 14.3. The minimum atomic E-state index is 0.168. The van der Waals surface area contributed by atoms with Crippen molar-refractivity contribution in [2.24, 2.45) is 0 Å². The predicted molar refractivity (Wildman–Crippen MR) is 103 cm³/mol. The topological polar surface area (TPSA) is 34.5 Å². The Morgan fingerprint density at radius 2 is 1.84 bits per heavy atom. The first-order chi connectivity index (χ1) is 12.2. The number of benzene rings is 2. The van der Waals surface area contributed by atoms with Gasteiger partial charge in [0.05, 0.1) is 12.6 Å². The van der Waals surface area contributed by atoms with Crippen LogP contribution in [0.5, 0.6) is 5.75 Å². The number of methoxy groups -OCH3 is 1. The maximum Gasteiger partial charge on any atom is 0.242 e. The van der Waals surface area contributed by atoms with E-state index in [1.807, 2.05) is 36.1 Å². The van der Waals surface area contributed by atoms with Crippen LogP contribution >= 0.6 is 0 Å². The van der Waals surface area contributed by atoms with Crippen molar-refractivity contribution in [3.63, 3.8) is 0 Å². The summed E-state index contributed by atoms with van der Waals surface area (Å²) in [7, 11) is 1.67. The fourth-order valence-corrected chi connectivity index (χ4v) is 3.37. The Bertz CT molecular complexity index is 882. The molecule has 0 spiro atoms. The molecule has 1 amide bonds. The van der Waals surface area contributed by atoms with Gasteiger partial charge < -0.3 is 14.2 Å². The first kappa shape index (κ1) is 17.3. The second-order valence-electron chi connectivity index (χ2n) is 6.31. The van der Waals surface area contributed by atoms with Crippen LogP contribution in [-0.4, -0.2) is 35.6 Å². The van der Waals surface area contributed by atoms with E-state index in [-0.39, 0.29) is 5.91 Å². The summed E-state index contributed by atoms with van der Waals surface area (Å²) < 4.78 is 7.51. The Hall–Kier alpha value is -2.49. The van der Waals surface area contributed by atoms with Gasteiger partial charge in [0, 0.05) is 35.4 Å². The Balaban J connectivity index is 2.05. The van der Waals surface area contributed by atoms with Gasteiger partial charge in [-0.25, -0.2) is 0 Å². The number of aromatic nitrogens is 1. The number of para-hydroxylation sites is 1. The number of likely N-dealkylation sites (N-methyl/N-ethyl adjacent to an activating group) is 1. The second kappa shape index (κ2) is 7.60. The molecule has 2 aromatic carbocycles.